The van der Waals surface area contributed by atoms with Gasteiger partial charge in [-0.1, -0.05) is 18.2 Å². The lowest BCUT2D eigenvalue weighted by molar-refractivity contribution is -0.119. The minimum absolute atomic E-state index is 0.239. The molecule has 3 aromatic rings. The van der Waals surface area contributed by atoms with Crippen LogP contribution in [-0.2, 0) is 11.2 Å². The predicted molar refractivity (Wildman–Crippen MR) is 84.3 cm³/mol. The van der Waals surface area contributed by atoms with Crippen LogP contribution in [0.3, 0.4) is 0 Å². The topological polar surface area (TPSA) is 73.3 Å². The van der Waals surface area contributed by atoms with E-state index in [-0.39, 0.29) is 11.7 Å². The molecule has 110 valence electrons. The van der Waals surface area contributed by atoms with Crippen molar-refractivity contribution in [3.8, 4) is 11.3 Å². The van der Waals surface area contributed by atoms with Crippen molar-refractivity contribution in [3.05, 3.63) is 48.3 Å². The second kappa shape index (κ2) is 4.94. The van der Waals surface area contributed by atoms with Gasteiger partial charge in [0.05, 0.1) is 12.1 Å². The molecule has 1 aliphatic carbocycles. The lowest BCUT2D eigenvalue weighted by Gasteiger charge is -2.04. The number of hydrogen-bond acceptors (Lipinski definition) is 4. The molecule has 1 fully saturated rings. The van der Waals surface area contributed by atoms with Crippen molar-refractivity contribution in [2.24, 2.45) is 5.92 Å². The maximum atomic E-state index is 11.9. The molecule has 1 aliphatic rings. The lowest BCUT2D eigenvalue weighted by Crippen LogP contribution is -2.06. The van der Waals surface area contributed by atoms with Gasteiger partial charge in [-0.05, 0) is 37.1 Å². The zero-order valence-electron chi connectivity index (χ0n) is 12.1. The molecule has 0 bridgehead atoms. The van der Waals surface area contributed by atoms with Crippen molar-refractivity contribution in [2.75, 3.05) is 5.73 Å². The van der Waals surface area contributed by atoms with Crippen LogP contribution in [0.5, 0.6) is 0 Å². The average Bonchev–Trinajstić information content (AvgIpc) is 3.28. The fraction of sp³-hybridized carbons (Fsp3) is 0.235. The van der Waals surface area contributed by atoms with Gasteiger partial charge in [0.25, 0.3) is 0 Å². The van der Waals surface area contributed by atoms with Gasteiger partial charge in [-0.25, -0.2) is 9.50 Å². The number of aromatic nitrogens is 3. The maximum absolute atomic E-state index is 11.9. The van der Waals surface area contributed by atoms with Crippen LogP contribution in [0.25, 0.3) is 16.9 Å². The number of nitrogens with zero attached hydrogens (tertiary/aromatic N) is 3. The molecule has 0 unspecified atom stereocenters. The normalized spacial score (nSPS) is 14.4. The van der Waals surface area contributed by atoms with Gasteiger partial charge in [-0.2, -0.15) is 5.10 Å². The van der Waals surface area contributed by atoms with Crippen LogP contribution in [0.2, 0.25) is 0 Å². The zero-order chi connectivity index (χ0) is 15.1. The monoisotopic (exact) mass is 292 g/mol. The molecular weight excluding hydrogens is 276 g/mol. The Bertz CT molecular complexity index is 847. The molecule has 1 aromatic carbocycles. The van der Waals surface area contributed by atoms with E-state index in [1.165, 1.54) is 0 Å². The Morgan fingerprint density at radius 1 is 1.18 bits per heavy atom. The number of pyridine rings is 1. The Morgan fingerprint density at radius 2 is 1.95 bits per heavy atom. The third kappa shape index (κ3) is 2.35. The first kappa shape index (κ1) is 13.0. The molecule has 0 spiro atoms. The first-order valence-corrected chi connectivity index (χ1v) is 7.44. The minimum Gasteiger partial charge on any atom is -0.399 e. The van der Waals surface area contributed by atoms with Crippen molar-refractivity contribution in [3.63, 3.8) is 0 Å². The smallest absolute Gasteiger partial charge is 0.159 e. The summed E-state index contributed by atoms with van der Waals surface area (Å²) in [6.07, 6.45) is 2.36. The summed E-state index contributed by atoms with van der Waals surface area (Å²) in [6.45, 7) is 0. The van der Waals surface area contributed by atoms with Crippen LogP contribution in [0.15, 0.2) is 42.5 Å². The summed E-state index contributed by atoms with van der Waals surface area (Å²) in [5.41, 5.74) is 9.18. The molecule has 4 rings (SSSR count). The lowest BCUT2D eigenvalue weighted by atomic mass is 10.1. The Kier molecular flexibility index (Phi) is 2.92. The van der Waals surface area contributed by atoms with Crippen molar-refractivity contribution in [1.29, 1.82) is 0 Å². The average molecular weight is 292 g/mol. The molecule has 0 radical (unpaired) electrons. The second-order valence-corrected chi connectivity index (χ2v) is 5.75. The predicted octanol–water partition coefficient (Wildman–Crippen LogP) is 2.50. The Balaban J connectivity index is 1.74. The SMILES string of the molecule is Nc1ccc(-c2cccc3nc(CC(=O)C4CC4)nn23)cc1. The van der Waals surface area contributed by atoms with E-state index in [2.05, 4.69) is 10.1 Å². The van der Waals surface area contributed by atoms with Crippen LogP contribution in [0.1, 0.15) is 18.7 Å². The van der Waals surface area contributed by atoms with Crippen LogP contribution in [-0.4, -0.2) is 20.4 Å². The molecule has 0 amide bonds. The number of nitrogen functional groups attached to an aromatic ring is 1. The van der Waals surface area contributed by atoms with E-state index in [1.807, 2.05) is 42.5 Å². The first-order valence-electron chi connectivity index (χ1n) is 7.44. The summed E-state index contributed by atoms with van der Waals surface area (Å²) < 4.78 is 1.79. The number of anilines is 1. The number of rotatable bonds is 4. The summed E-state index contributed by atoms with van der Waals surface area (Å²) in [7, 11) is 0. The Labute approximate surface area is 127 Å². The highest BCUT2D eigenvalue weighted by Gasteiger charge is 2.30. The van der Waals surface area contributed by atoms with E-state index in [0.29, 0.717) is 12.2 Å². The molecule has 5 nitrogen and oxygen atoms in total. The van der Waals surface area contributed by atoms with E-state index >= 15 is 0 Å². The van der Waals surface area contributed by atoms with E-state index in [1.54, 1.807) is 4.52 Å². The summed E-state index contributed by atoms with van der Waals surface area (Å²) >= 11 is 0. The standard InChI is InChI=1S/C17H16N4O/c18-13-8-6-11(7-9-13)14-2-1-3-17-19-16(20-21(14)17)10-15(22)12-4-5-12/h1-3,6-9,12H,4-5,10,18H2. The maximum Gasteiger partial charge on any atom is 0.159 e. The highest BCUT2D eigenvalue weighted by atomic mass is 16.1. The fourth-order valence-corrected chi connectivity index (χ4v) is 2.60. The quantitative estimate of drug-likeness (QED) is 0.750. The fourth-order valence-electron chi connectivity index (χ4n) is 2.60. The van der Waals surface area contributed by atoms with E-state index in [9.17, 15) is 4.79 Å². The first-order chi connectivity index (χ1) is 10.7. The number of carbonyl (C=O) groups is 1. The van der Waals surface area contributed by atoms with Crippen molar-refractivity contribution < 1.29 is 4.79 Å². The molecule has 2 aromatic heterocycles. The van der Waals surface area contributed by atoms with Gasteiger partial charge >= 0.3 is 0 Å². The van der Waals surface area contributed by atoms with Gasteiger partial charge in [-0.3, -0.25) is 4.79 Å². The third-order valence-electron chi connectivity index (χ3n) is 3.98. The van der Waals surface area contributed by atoms with Crippen LogP contribution in [0.4, 0.5) is 5.69 Å². The number of fused-ring (bicyclic) bond motifs is 1. The number of benzene rings is 1. The number of hydrogen-bond donors (Lipinski definition) is 1. The highest BCUT2D eigenvalue weighted by molar-refractivity contribution is 5.84. The molecule has 0 aliphatic heterocycles. The van der Waals surface area contributed by atoms with Crippen molar-refractivity contribution in [1.82, 2.24) is 14.6 Å². The molecule has 2 heterocycles. The van der Waals surface area contributed by atoms with E-state index < -0.39 is 0 Å². The molecular formula is C17H16N4O. The molecule has 0 atom stereocenters. The summed E-state index contributed by atoms with van der Waals surface area (Å²) in [4.78, 5) is 16.4. The Morgan fingerprint density at radius 3 is 2.68 bits per heavy atom. The molecule has 0 saturated heterocycles. The van der Waals surface area contributed by atoms with Gasteiger partial charge in [-0.15, -0.1) is 0 Å². The summed E-state index contributed by atoms with van der Waals surface area (Å²) in [5.74, 6) is 1.09. The van der Waals surface area contributed by atoms with Crippen molar-refractivity contribution >= 4 is 17.1 Å². The van der Waals surface area contributed by atoms with Gasteiger partial charge in [0, 0.05) is 17.2 Å². The third-order valence-corrected chi connectivity index (χ3v) is 3.98. The van der Waals surface area contributed by atoms with Gasteiger partial charge < -0.3 is 5.73 Å². The number of Topliss-reactive ketones (excluding diaryl/α,β-unsaturated/α-hetero) is 1. The Hall–Kier alpha value is -2.69. The minimum atomic E-state index is 0.239. The van der Waals surface area contributed by atoms with Gasteiger partial charge in [0.2, 0.25) is 0 Å². The zero-order valence-corrected chi connectivity index (χ0v) is 12.1. The van der Waals surface area contributed by atoms with Gasteiger partial charge in [0.15, 0.2) is 11.5 Å². The van der Waals surface area contributed by atoms with E-state index in [0.717, 1.165) is 35.4 Å². The number of nitrogens with two attached hydrogens (primary N) is 1. The summed E-state index contributed by atoms with van der Waals surface area (Å²) in [6, 6.07) is 13.5. The largest absolute Gasteiger partial charge is 0.399 e. The molecule has 5 heteroatoms. The molecule has 22 heavy (non-hydrogen) atoms. The summed E-state index contributed by atoms with van der Waals surface area (Å²) in [5, 5.41) is 4.52. The number of carbonyl (C=O) groups excluding carboxylic acids is 1. The molecule has 1 saturated carbocycles. The van der Waals surface area contributed by atoms with Gasteiger partial charge in [0.1, 0.15) is 5.78 Å². The van der Waals surface area contributed by atoms with E-state index in [4.69, 9.17) is 5.73 Å². The number of ketones is 1. The van der Waals surface area contributed by atoms with Crippen LogP contribution >= 0.6 is 0 Å². The van der Waals surface area contributed by atoms with Crippen LogP contribution < -0.4 is 5.73 Å². The van der Waals surface area contributed by atoms with Crippen LogP contribution in [0, 0.1) is 5.92 Å². The second-order valence-electron chi connectivity index (χ2n) is 5.75. The highest BCUT2D eigenvalue weighted by Crippen LogP contribution is 2.30. The molecule has 2 N–H and O–H groups in total. The van der Waals surface area contributed by atoms with Crippen molar-refractivity contribution in [2.45, 2.75) is 19.3 Å².